The molecule has 1 aliphatic heterocycles. The highest BCUT2D eigenvalue weighted by Gasteiger charge is 2.32. The molecule has 2 aliphatic rings. The van der Waals surface area contributed by atoms with Crippen LogP contribution < -0.4 is 5.32 Å². The van der Waals surface area contributed by atoms with Crippen molar-refractivity contribution in [2.75, 3.05) is 18.4 Å². The van der Waals surface area contributed by atoms with Crippen molar-refractivity contribution < 1.29 is 0 Å². The van der Waals surface area contributed by atoms with Crippen LogP contribution in [0.1, 0.15) is 25.7 Å². The molecule has 1 aliphatic carbocycles. The van der Waals surface area contributed by atoms with E-state index in [2.05, 4.69) is 25.4 Å². The molecule has 21 heavy (non-hydrogen) atoms. The Hall–Kier alpha value is -1.46. The predicted molar refractivity (Wildman–Crippen MR) is 83.6 cm³/mol. The lowest BCUT2D eigenvalue weighted by atomic mass is 10.1. The van der Waals surface area contributed by atoms with E-state index in [1.807, 2.05) is 6.07 Å². The maximum Gasteiger partial charge on any atom is 0.161 e. The number of aromatic nitrogens is 3. The van der Waals surface area contributed by atoms with E-state index < -0.39 is 0 Å². The first-order valence-corrected chi connectivity index (χ1v) is 7.95. The molecule has 1 unspecified atom stereocenters. The first kappa shape index (κ1) is 13.2. The highest BCUT2D eigenvalue weighted by Crippen LogP contribution is 2.31. The molecule has 1 saturated heterocycles. The van der Waals surface area contributed by atoms with Crippen LogP contribution in [0.15, 0.2) is 18.5 Å². The van der Waals surface area contributed by atoms with Crippen LogP contribution in [0.2, 0.25) is 5.15 Å². The summed E-state index contributed by atoms with van der Waals surface area (Å²) in [7, 11) is 0. The Kier molecular flexibility index (Phi) is 3.39. The Labute approximate surface area is 128 Å². The third kappa shape index (κ3) is 2.68. The number of halogens is 1. The maximum absolute atomic E-state index is 6.10. The van der Waals surface area contributed by atoms with E-state index in [0.717, 1.165) is 29.2 Å². The van der Waals surface area contributed by atoms with E-state index in [9.17, 15) is 0 Å². The van der Waals surface area contributed by atoms with Gasteiger partial charge in [0, 0.05) is 41.8 Å². The van der Waals surface area contributed by atoms with Gasteiger partial charge in [-0.15, -0.1) is 10.2 Å². The van der Waals surface area contributed by atoms with Gasteiger partial charge in [-0.25, -0.2) is 0 Å². The van der Waals surface area contributed by atoms with Gasteiger partial charge in [0.05, 0.1) is 0 Å². The van der Waals surface area contributed by atoms with E-state index in [-0.39, 0.29) is 0 Å². The Morgan fingerprint density at radius 1 is 1.19 bits per heavy atom. The standard InChI is InChI=1S/C15H18ClN5/c16-14-13-8-17-6-5-12(13)15(20-19-14)18-10-2-1-7-21(9-10)11-3-4-11/h5-6,8,10-11H,1-4,7,9H2,(H,18,20). The molecule has 4 rings (SSSR count). The third-order valence-electron chi connectivity index (χ3n) is 4.39. The average molecular weight is 304 g/mol. The normalized spacial score (nSPS) is 23.4. The molecule has 0 bridgehead atoms. The number of nitrogens with one attached hydrogen (secondary N) is 1. The number of fused-ring (bicyclic) bond motifs is 1. The molecular formula is C15H18ClN5. The summed E-state index contributed by atoms with van der Waals surface area (Å²) < 4.78 is 0. The summed E-state index contributed by atoms with van der Waals surface area (Å²) in [6.07, 6.45) is 8.66. The van der Waals surface area contributed by atoms with Crippen LogP contribution in [0, 0.1) is 0 Å². The number of piperidine rings is 1. The lowest BCUT2D eigenvalue weighted by Crippen LogP contribution is -2.43. The number of nitrogens with zero attached hydrogens (tertiary/aromatic N) is 4. The van der Waals surface area contributed by atoms with Crippen LogP contribution in [-0.4, -0.2) is 45.3 Å². The van der Waals surface area contributed by atoms with E-state index in [1.165, 1.54) is 32.2 Å². The number of rotatable bonds is 3. The van der Waals surface area contributed by atoms with Crippen molar-refractivity contribution in [3.8, 4) is 0 Å². The number of hydrogen-bond acceptors (Lipinski definition) is 5. The Morgan fingerprint density at radius 3 is 2.95 bits per heavy atom. The van der Waals surface area contributed by atoms with Gasteiger partial charge in [-0.05, 0) is 38.3 Å². The molecule has 2 fully saturated rings. The summed E-state index contributed by atoms with van der Waals surface area (Å²) in [5.41, 5.74) is 0. The summed E-state index contributed by atoms with van der Waals surface area (Å²) >= 11 is 6.10. The second-order valence-corrected chi connectivity index (χ2v) is 6.33. The fourth-order valence-electron chi connectivity index (χ4n) is 3.16. The van der Waals surface area contributed by atoms with E-state index in [1.54, 1.807) is 12.4 Å². The van der Waals surface area contributed by atoms with Crippen molar-refractivity contribution in [3.05, 3.63) is 23.6 Å². The third-order valence-corrected chi connectivity index (χ3v) is 4.67. The van der Waals surface area contributed by atoms with Crippen LogP contribution in [-0.2, 0) is 0 Å². The summed E-state index contributed by atoms with van der Waals surface area (Å²) in [6, 6.07) is 3.21. The predicted octanol–water partition coefficient (Wildman–Crippen LogP) is 2.72. The molecule has 3 heterocycles. The van der Waals surface area contributed by atoms with Gasteiger partial charge < -0.3 is 5.32 Å². The van der Waals surface area contributed by atoms with E-state index in [4.69, 9.17) is 11.6 Å². The van der Waals surface area contributed by atoms with Gasteiger partial charge in [-0.1, -0.05) is 11.6 Å². The van der Waals surface area contributed by atoms with Gasteiger partial charge in [-0.3, -0.25) is 9.88 Å². The monoisotopic (exact) mass is 303 g/mol. The lowest BCUT2D eigenvalue weighted by Gasteiger charge is -2.33. The van der Waals surface area contributed by atoms with Gasteiger partial charge in [0.25, 0.3) is 0 Å². The van der Waals surface area contributed by atoms with E-state index >= 15 is 0 Å². The van der Waals surface area contributed by atoms with Crippen LogP contribution in [0.3, 0.4) is 0 Å². The molecule has 0 spiro atoms. The fourth-order valence-corrected chi connectivity index (χ4v) is 3.35. The largest absolute Gasteiger partial charge is 0.364 e. The number of pyridine rings is 1. The zero-order chi connectivity index (χ0) is 14.2. The first-order chi connectivity index (χ1) is 10.3. The quantitative estimate of drug-likeness (QED) is 0.945. The van der Waals surface area contributed by atoms with Crippen molar-refractivity contribution in [2.45, 2.75) is 37.8 Å². The minimum atomic E-state index is 0.409. The van der Waals surface area contributed by atoms with Crippen molar-refractivity contribution in [1.82, 2.24) is 20.1 Å². The van der Waals surface area contributed by atoms with Crippen LogP contribution in [0.4, 0.5) is 5.82 Å². The molecule has 2 aromatic heterocycles. The first-order valence-electron chi connectivity index (χ1n) is 7.58. The number of anilines is 1. The smallest absolute Gasteiger partial charge is 0.161 e. The van der Waals surface area contributed by atoms with Crippen LogP contribution in [0.5, 0.6) is 0 Å². The molecule has 0 amide bonds. The molecule has 6 heteroatoms. The van der Waals surface area contributed by atoms with Crippen LogP contribution in [0.25, 0.3) is 10.8 Å². The zero-order valence-corrected chi connectivity index (χ0v) is 12.6. The lowest BCUT2D eigenvalue weighted by molar-refractivity contribution is 0.207. The molecule has 2 aromatic rings. The minimum absolute atomic E-state index is 0.409. The maximum atomic E-state index is 6.10. The van der Waals surface area contributed by atoms with Gasteiger partial charge in [0.15, 0.2) is 11.0 Å². The van der Waals surface area contributed by atoms with Crippen molar-refractivity contribution in [2.24, 2.45) is 0 Å². The molecule has 0 aromatic carbocycles. The molecular weight excluding hydrogens is 286 g/mol. The molecule has 1 N–H and O–H groups in total. The minimum Gasteiger partial charge on any atom is -0.364 e. The summed E-state index contributed by atoms with van der Waals surface area (Å²) in [5, 5.41) is 14.1. The zero-order valence-electron chi connectivity index (χ0n) is 11.8. The summed E-state index contributed by atoms with van der Waals surface area (Å²) in [4.78, 5) is 6.72. The molecule has 0 radical (unpaired) electrons. The van der Waals surface area contributed by atoms with Crippen molar-refractivity contribution in [3.63, 3.8) is 0 Å². The highest BCUT2D eigenvalue weighted by atomic mass is 35.5. The van der Waals surface area contributed by atoms with Crippen LogP contribution >= 0.6 is 11.6 Å². The molecule has 110 valence electrons. The molecule has 1 atom stereocenters. The molecule has 1 saturated carbocycles. The second-order valence-electron chi connectivity index (χ2n) is 5.97. The average Bonchev–Trinajstić information content (AvgIpc) is 3.36. The summed E-state index contributed by atoms with van der Waals surface area (Å²) in [6.45, 7) is 2.33. The molecule has 5 nitrogen and oxygen atoms in total. The summed E-state index contributed by atoms with van der Waals surface area (Å²) in [5.74, 6) is 0.819. The van der Waals surface area contributed by atoms with Crippen molar-refractivity contribution in [1.29, 1.82) is 0 Å². The highest BCUT2D eigenvalue weighted by molar-refractivity contribution is 6.34. The topological polar surface area (TPSA) is 53.9 Å². The number of hydrogen-bond donors (Lipinski definition) is 1. The van der Waals surface area contributed by atoms with E-state index in [0.29, 0.717) is 11.2 Å². The SMILES string of the molecule is Clc1nnc(NC2CCCN(C3CC3)C2)c2ccncc12. The van der Waals surface area contributed by atoms with Gasteiger partial charge >= 0.3 is 0 Å². The fraction of sp³-hybridized carbons (Fsp3) is 0.533. The Bertz CT molecular complexity index is 658. The van der Waals surface area contributed by atoms with Gasteiger partial charge in [0.2, 0.25) is 0 Å². The Morgan fingerprint density at radius 2 is 2.10 bits per heavy atom. The van der Waals surface area contributed by atoms with Crippen molar-refractivity contribution >= 4 is 28.2 Å². The van der Waals surface area contributed by atoms with Gasteiger partial charge in [-0.2, -0.15) is 0 Å². The number of likely N-dealkylation sites (tertiary alicyclic amines) is 1. The Balaban J connectivity index is 1.57. The van der Waals surface area contributed by atoms with Gasteiger partial charge in [0.1, 0.15) is 0 Å². The second kappa shape index (κ2) is 5.39.